The van der Waals surface area contributed by atoms with Crippen molar-refractivity contribution >= 4 is 27.7 Å². The first-order valence-corrected chi connectivity index (χ1v) is 9.18. The summed E-state index contributed by atoms with van der Waals surface area (Å²) >= 11 is 0. The summed E-state index contributed by atoms with van der Waals surface area (Å²) in [5.41, 5.74) is 4.62. The first-order chi connectivity index (χ1) is 13.2. The van der Waals surface area contributed by atoms with Crippen molar-refractivity contribution in [1.82, 2.24) is 15.3 Å². The first-order valence-electron chi connectivity index (χ1n) is 9.18. The van der Waals surface area contributed by atoms with Crippen molar-refractivity contribution in [2.24, 2.45) is 0 Å². The largest absolute Gasteiger partial charge is 0.422 e. The van der Waals surface area contributed by atoms with Crippen LogP contribution in [0.2, 0.25) is 0 Å². The number of H-pyrrole nitrogens is 1. The van der Waals surface area contributed by atoms with E-state index in [2.05, 4.69) is 26.3 Å². The summed E-state index contributed by atoms with van der Waals surface area (Å²) < 4.78 is 5.65. The zero-order valence-electron chi connectivity index (χ0n) is 15.1. The molecule has 2 aromatic heterocycles. The summed E-state index contributed by atoms with van der Waals surface area (Å²) in [5, 5.41) is 4.24. The number of aromatic nitrogens is 2. The maximum atomic E-state index is 12.6. The van der Waals surface area contributed by atoms with Crippen molar-refractivity contribution in [2.75, 3.05) is 31.1 Å². The number of aryl methyl sites for hydroxylation is 1. The molecular weight excluding hydrogens is 340 g/mol. The molecule has 4 aromatic rings. The van der Waals surface area contributed by atoms with Crippen molar-refractivity contribution in [3.8, 4) is 11.4 Å². The van der Waals surface area contributed by atoms with E-state index in [0.29, 0.717) is 17.0 Å². The van der Waals surface area contributed by atoms with Crippen LogP contribution < -0.4 is 15.8 Å². The molecule has 2 aromatic carbocycles. The first kappa shape index (κ1) is 16.1. The lowest BCUT2D eigenvalue weighted by atomic mass is 10.1. The van der Waals surface area contributed by atoms with Gasteiger partial charge < -0.3 is 19.6 Å². The van der Waals surface area contributed by atoms with E-state index in [4.69, 9.17) is 4.42 Å². The van der Waals surface area contributed by atoms with Gasteiger partial charge in [0.15, 0.2) is 0 Å². The predicted octanol–water partition coefficient (Wildman–Crippen LogP) is 3.05. The molecule has 0 bridgehead atoms. The zero-order valence-corrected chi connectivity index (χ0v) is 15.1. The van der Waals surface area contributed by atoms with E-state index in [9.17, 15) is 4.79 Å². The second-order valence-corrected chi connectivity index (χ2v) is 6.96. The number of para-hydroxylation sites is 1. The second-order valence-electron chi connectivity index (χ2n) is 6.96. The third kappa shape index (κ3) is 2.78. The zero-order chi connectivity index (χ0) is 18.4. The number of benzene rings is 2. The van der Waals surface area contributed by atoms with E-state index in [1.807, 2.05) is 43.3 Å². The summed E-state index contributed by atoms with van der Waals surface area (Å²) in [4.78, 5) is 22.8. The average Bonchev–Trinajstić information content (AvgIpc) is 3.13. The van der Waals surface area contributed by atoms with Gasteiger partial charge in [0.05, 0.1) is 11.0 Å². The predicted molar refractivity (Wildman–Crippen MR) is 107 cm³/mol. The fraction of sp³-hybridized carbons (Fsp3) is 0.238. The Labute approximate surface area is 155 Å². The van der Waals surface area contributed by atoms with Gasteiger partial charge in [0, 0.05) is 43.3 Å². The van der Waals surface area contributed by atoms with Crippen LogP contribution in [0.5, 0.6) is 0 Å². The lowest BCUT2D eigenvalue weighted by molar-refractivity contribution is 0.561. The number of hydrogen-bond donors (Lipinski definition) is 2. The Kier molecular flexibility index (Phi) is 3.72. The van der Waals surface area contributed by atoms with Crippen molar-refractivity contribution in [3.63, 3.8) is 0 Å². The standard InChI is InChI=1S/C21H20N4O2/c1-13-3-2-4-17-19(13)24-20(23-17)16-11-14-5-6-15(12-18(14)27-21(16)26)25-9-7-22-8-10-25/h2-6,11-12,22H,7-10H2,1H3,(H,23,24). The minimum Gasteiger partial charge on any atom is -0.422 e. The Morgan fingerprint density at radius 2 is 1.96 bits per heavy atom. The number of anilines is 1. The van der Waals surface area contributed by atoms with Crippen molar-refractivity contribution < 1.29 is 4.42 Å². The molecule has 2 N–H and O–H groups in total. The molecule has 136 valence electrons. The van der Waals surface area contributed by atoms with Gasteiger partial charge in [-0.05, 0) is 36.8 Å². The van der Waals surface area contributed by atoms with E-state index in [1.165, 1.54) is 0 Å². The Balaban J connectivity index is 1.60. The minimum atomic E-state index is -0.378. The molecule has 0 amide bonds. The highest BCUT2D eigenvalue weighted by molar-refractivity contribution is 5.86. The SMILES string of the molecule is Cc1cccc2[nH]c(-c3cc4ccc(N5CCNCC5)cc4oc3=O)nc12. The molecule has 1 fully saturated rings. The van der Waals surface area contributed by atoms with Crippen molar-refractivity contribution in [1.29, 1.82) is 0 Å². The van der Waals surface area contributed by atoms with Crippen LogP contribution in [0, 0.1) is 6.92 Å². The Bertz CT molecular complexity index is 1200. The van der Waals surface area contributed by atoms with Crippen LogP contribution in [-0.2, 0) is 0 Å². The molecule has 1 saturated heterocycles. The molecule has 0 spiro atoms. The van der Waals surface area contributed by atoms with E-state index >= 15 is 0 Å². The second kappa shape index (κ2) is 6.25. The van der Waals surface area contributed by atoms with Gasteiger partial charge in [-0.15, -0.1) is 0 Å². The van der Waals surface area contributed by atoms with Crippen LogP contribution in [-0.4, -0.2) is 36.1 Å². The van der Waals surface area contributed by atoms with Gasteiger partial charge in [-0.25, -0.2) is 9.78 Å². The fourth-order valence-corrected chi connectivity index (χ4v) is 3.69. The lowest BCUT2D eigenvalue weighted by Crippen LogP contribution is -2.43. The smallest absolute Gasteiger partial charge is 0.347 e. The number of hydrogen-bond acceptors (Lipinski definition) is 5. The third-order valence-electron chi connectivity index (χ3n) is 5.17. The number of nitrogens with one attached hydrogen (secondary N) is 2. The molecule has 3 heterocycles. The molecular formula is C21H20N4O2. The normalized spacial score (nSPS) is 14.9. The molecule has 0 aliphatic carbocycles. The van der Waals surface area contributed by atoms with E-state index < -0.39 is 0 Å². The topological polar surface area (TPSA) is 74.2 Å². The molecule has 0 saturated carbocycles. The molecule has 5 rings (SSSR count). The number of rotatable bonds is 2. The summed E-state index contributed by atoms with van der Waals surface area (Å²) in [5.74, 6) is 0.543. The van der Waals surface area contributed by atoms with Crippen LogP contribution in [0.3, 0.4) is 0 Å². The Hall–Kier alpha value is -3.12. The molecule has 6 heteroatoms. The molecule has 27 heavy (non-hydrogen) atoms. The fourth-order valence-electron chi connectivity index (χ4n) is 3.69. The molecule has 0 unspecified atom stereocenters. The van der Waals surface area contributed by atoms with Gasteiger partial charge in [0.25, 0.3) is 0 Å². The highest BCUT2D eigenvalue weighted by Crippen LogP contribution is 2.26. The maximum absolute atomic E-state index is 12.6. The van der Waals surface area contributed by atoms with Crippen LogP contribution in [0.1, 0.15) is 5.56 Å². The van der Waals surface area contributed by atoms with Crippen LogP contribution in [0.25, 0.3) is 33.4 Å². The Morgan fingerprint density at radius 3 is 2.78 bits per heavy atom. The summed E-state index contributed by atoms with van der Waals surface area (Å²) in [7, 11) is 0. The number of aromatic amines is 1. The van der Waals surface area contributed by atoms with Crippen LogP contribution in [0.4, 0.5) is 5.69 Å². The molecule has 6 nitrogen and oxygen atoms in total. The summed E-state index contributed by atoms with van der Waals surface area (Å²) in [6.45, 7) is 5.84. The van der Waals surface area contributed by atoms with Gasteiger partial charge in [-0.3, -0.25) is 0 Å². The van der Waals surface area contributed by atoms with Crippen LogP contribution in [0.15, 0.2) is 51.7 Å². The quantitative estimate of drug-likeness (QED) is 0.538. The summed E-state index contributed by atoms with van der Waals surface area (Å²) in [6.07, 6.45) is 0. The number of imidazole rings is 1. The highest BCUT2D eigenvalue weighted by atomic mass is 16.4. The number of piperazine rings is 1. The third-order valence-corrected chi connectivity index (χ3v) is 5.17. The monoisotopic (exact) mass is 360 g/mol. The number of fused-ring (bicyclic) bond motifs is 2. The molecule has 0 atom stereocenters. The van der Waals surface area contributed by atoms with E-state index in [0.717, 1.165) is 53.8 Å². The minimum absolute atomic E-state index is 0.378. The lowest BCUT2D eigenvalue weighted by Gasteiger charge is -2.29. The van der Waals surface area contributed by atoms with Gasteiger partial charge in [-0.2, -0.15) is 0 Å². The maximum Gasteiger partial charge on any atom is 0.347 e. The number of nitrogens with zero attached hydrogens (tertiary/aromatic N) is 2. The molecule has 1 aliphatic heterocycles. The van der Waals surface area contributed by atoms with Gasteiger partial charge in [-0.1, -0.05) is 12.1 Å². The van der Waals surface area contributed by atoms with Gasteiger partial charge >= 0.3 is 5.63 Å². The average molecular weight is 360 g/mol. The molecule has 0 radical (unpaired) electrons. The van der Waals surface area contributed by atoms with Gasteiger partial charge in [0.2, 0.25) is 0 Å². The van der Waals surface area contributed by atoms with Gasteiger partial charge in [0.1, 0.15) is 17.0 Å². The van der Waals surface area contributed by atoms with E-state index in [1.54, 1.807) is 0 Å². The summed E-state index contributed by atoms with van der Waals surface area (Å²) in [6, 6.07) is 13.8. The highest BCUT2D eigenvalue weighted by Gasteiger charge is 2.15. The van der Waals surface area contributed by atoms with Crippen molar-refractivity contribution in [3.05, 3.63) is 58.4 Å². The van der Waals surface area contributed by atoms with E-state index in [-0.39, 0.29) is 5.63 Å². The Morgan fingerprint density at radius 1 is 1.11 bits per heavy atom. The van der Waals surface area contributed by atoms with Crippen LogP contribution >= 0.6 is 0 Å². The van der Waals surface area contributed by atoms with Crippen molar-refractivity contribution in [2.45, 2.75) is 6.92 Å². The molecule has 1 aliphatic rings.